The fourth-order valence-electron chi connectivity index (χ4n) is 4.04. The molecule has 0 radical (unpaired) electrons. The number of hydrogen-bond donors (Lipinski definition) is 2. The van der Waals surface area contributed by atoms with Crippen LogP contribution in [0.2, 0.25) is 0 Å². The zero-order chi connectivity index (χ0) is 26.2. The van der Waals surface area contributed by atoms with Crippen molar-refractivity contribution in [3.63, 3.8) is 0 Å². The third-order valence-electron chi connectivity index (χ3n) is 5.90. The maximum atomic E-state index is 10.6. The number of rotatable bonds is 13. The minimum atomic E-state index is -0.728. The lowest BCUT2D eigenvalue weighted by atomic mass is 10.1. The van der Waals surface area contributed by atoms with E-state index in [0.717, 1.165) is 47.5 Å². The quantitative estimate of drug-likeness (QED) is 0.206. The minimum absolute atomic E-state index is 0.193. The summed E-state index contributed by atoms with van der Waals surface area (Å²) in [5, 5.41) is 22.2. The Kier molecular flexibility index (Phi) is 8.65. The van der Waals surface area contributed by atoms with E-state index in [-0.39, 0.29) is 13.2 Å². The van der Waals surface area contributed by atoms with Gasteiger partial charge in [-0.3, -0.25) is 9.67 Å². The molecule has 194 valence electrons. The molecular formula is C27H32N6O4. The first kappa shape index (κ1) is 26.1. The van der Waals surface area contributed by atoms with Gasteiger partial charge in [0.1, 0.15) is 11.5 Å². The number of benzene rings is 2. The van der Waals surface area contributed by atoms with Crippen molar-refractivity contribution in [1.82, 2.24) is 19.7 Å². The number of aliphatic hydroxyl groups excluding tert-OH is 1. The molecule has 37 heavy (non-hydrogen) atoms. The summed E-state index contributed by atoms with van der Waals surface area (Å²) < 4.78 is 18.0. The van der Waals surface area contributed by atoms with E-state index < -0.39 is 6.10 Å². The van der Waals surface area contributed by atoms with Crippen molar-refractivity contribution >= 4 is 28.6 Å². The minimum Gasteiger partial charge on any atom is -0.497 e. The van der Waals surface area contributed by atoms with E-state index in [0.29, 0.717) is 17.0 Å². The van der Waals surface area contributed by atoms with E-state index in [1.165, 1.54) is 6.21 Å². The van der Waals surface area contributed by atoms with Gasteiger partial charge in [-0.15, -0.1) is 0 Å². The first-order valence-electron chi connectivity index (χ1n) is 12.0. The molecule has 0 bridgehead atoms. The lowest BCUT2D eigenvalue weighted by Gasteiger charge is -2.28. The van der Waals surface area contributed by atoms with Crippen molar-refractivity contribution in [3.05, 3.63) is 55.0 Å². The van der Waals surface area contributed by atoms with Crippen LogP contribution in [0, 0.1) is 5.41 Å². The molecule has 4 aromatic rings. The van der Waals surface area contributed by atoms with Crippen LogP contribution < -0.4 is 14.4 Å². The number of fused-ring (bicyclic) bond motifs is 1. The van der Waals surface area contributed by atoms with Gasteiger partial charge in [-0.1, -0.05) is 0 Å². The lowest BCUT2D eigenvalue weighted by molar-refractivity contribution is 0.0702. The summed E-state index contributed by atoms with van der Waals surface area (Å²) in [5.74, 6) is 1.28. The van der Waals surface area contributed by atoms with E-state index in [1.54, 1.807) is 39.8 Å². The second-order valence-electron chi connectivity index (χ2n) is 8.56. The summed E-state index contributed by atoms with van der Waals surface area (Å²) in [6.45, 7) is 1.22. The van der Waals surface area contributed by atoms with E-state index in [2.05, 4.69) is 10.1 Å². The number of nitrogens with one attached hydrogen (secondary N) is 1. The maximum absolute atomic E-state index is 10.6. The predicted octanol–water partition coefficient (Wildman–Crippen LogP) is 4.09. The Balaban J connectivity index is 1.71. The molecule has 2 heterocycles. The van der Waals surface area contributed by atoms with Gasteiger partial charge in [-0.05, 0) is 37.3 Å². The Hall–Kier alpha value is -4.02. The number of nitrogens with zero attached hydrogens (tertiary/aromatic N) is 5. The Bertz CT molecular complexity index is 1320. The van der Waals surface area contributed by atoms with Crippen LogP contribution in [0.5, 0.6) is 11.5 Å². The summed E-state index contributed by atoms with van der Waals surface area (Å²) >= 11 is 0. The molecule has 0 unspecified atom stereocenters. The molecule has 0 amide bonds. The molecule has 0 aliphatic heterocycles. The van der Waals surface area contributed by atoms with Crippen molar-refractivity contribution in [1.29, 1.82) is 5.41 Å². The normalized spacial score (nSPS) is 11.9. The van der Waals surface area contributed by atoms with Gasteiger partial charge >= 0.3 is 0 Å². The monoisotopic (exact) mass is 504 g/mol. The zero-order valence-corrected chi connectivity index (χ0v) is 21.3. The highest BCUT2D eigenvalue weighted by molar-refractivity contribution is 5.82. The van der Waals surface area contributed by atoms with Crippen LogP contribution in [0.15, 0.2) is 55.0 Å². The van der Waals surface area contributed by atoms with E-state index >= 15 is 0 Å². The van der Waals surface area contributed by atoms with Crippen LogP contribution in [-0.2, 0) is 11.3 Å². The molecule has 0 fully saturated rings. The second-order valence-corrected chi connectivity index (χ2v) is 8.56. The van der Waals surface area contributed by atoms with Gasteiger partial charge in [0.25, 0.3) is 0 Å². The van der Waals surface area contributed by atoms with Crippen LogP contribution in [0.1, 0.15) is 12.8 Å². The Morgan fingerprint density at radius 2 is 1.81 bits per heavy atom. The van der Waals surface area contributed by atoms with Crippen LogP contribution in [0.3, 0.4) is 0 Å². The van der Waals surface area contributed by atoms with Crippen LogP contribution in [0.25, 0.3) is 22.3 Å². The zero-order valence-electron chi connectivity index (χ0n) is 21.3. The van der Waals surface area contributed by atoms with Gasteiger partial charge in [-0.2, -0.15) is 5.10 Å². The van der Waals surface area contributed by atoms with Crippen LogP contribution in [-0.4, -0.2) is 71.7 Å². The van der Waals surface area contributed by atoms with Gasteiger partial charge in [0.05, 0.1) is 62.6 Å². The molecule has 2 aromatic heterocycles. The fraction of sp³-hybridized carbons (Fsp3) is 0.333. The Labute approximate surface area is 216 Å². The molecule has 1 atom stereocenters. The predicted molar refractivity (Wildman–Crippen MR) is 143 cm³/mol. The first-order valence-corrected chi connectivity index (χ1v) is 12.0. The topological polar surface area (TPSA) is 119 Å². The van der Waals surface area contributed by atoms with Crippen molar-refractivity contribution in [2.75, 3.05) is 39.4 Å². The van der Waals surface area contributed by atoms with Gasteiger partial charge < -0.3 is 29.6 Å². The molecule has 2 aromatic carbocycles. The number of aromatic nitrogens is 4. The summed E-state index contributed by atoms with van der Waals surface area (Å²) in [5.41, 5.74) is 4.68. The molecule has 0 saturated carbocycles. The standard InChI is InChI=1S/C27H32N6O4/c1-35-18-22(34)17-33(21-10-23(36-2)13-24(11-21)37-3)20-6-7-25-26(12-20)31-27(15-29-25)19-14-30-32(16-19)9-5-4-8-28/h6-8,10-16,22,28,34H,4-5,9,17-18H2,1-3H3/t22-/m0/s1. The molecule has 2 N–H and O–H groups in total. The summed E-state index contributed by atoms with van der Waals surface area (Å²) in [6.07, 6.45) is 7.73. The number of anilines is 2. The van der Waals surface area contributed by atoms with Gasteiger partial charge in [-0.25, -0.2) is 4.98 Å². The Morgan fingerprint density at radius 3 is 2.51 bits per heavy atom. The second kappa shape index (κ2) is 12.3. The number of ether oxygens (including phenoxy) is 3. The Morgan fingerprint density at radius 1 is 1.03 bits per heavy atom. The maximum Gasteiger partial charge on any atom is 0.124 e. The molecule has 0 aliphatic carbocycles. The molecule has 10 heteroatoms. The van der Waals surface area contributed by atoms with Gasteiger partial charge in [0, 0.05) is 55.0 Å². The summed E-state index contributed by atoms with van der Waals surface area (Å²) in [6, 6.07) is 11.4. The molecule has 0 spiro atoms. The van der Waals surface area contributed by atoms with Crippen molar-refractivity contribution in [3.8, 4) is 22.8 Å². The number of aryl methyl sites for hydroxylation is 1. The molecular weight excluding hydrogens is 472 g/mol. The summed E-state index contributed by atoms with van der Waals surface area (Å²) in [7, 11) is 4.77. The van der Waals surface area contributed by atoms with E-state index in [4.69, 9.17) is 24.6 Å². The number of unbranched alkanes of at least 4 members (excludes halogenated alkanes) is 1. The number of hydrogen-bond acceptors (Lipinski definition) is 9. The highest BCUT2D eigenvalue weighted by Gasteiger charge is 2.18. The largest absolute Gasteiger partial charge is 0.497 e. The van der Waals surface area contributed by atoms with E-state index in [9.17, 15) is 5.11 Å². The molecule has 10 nitrogen and oxygen atoms in total. The lowest BCUT2D eigenvalue weighted by Crippen LogP contribution is -2.31. The summed E-state index contributed by atoms with van der Waals surface area (Å²) in [4.78, 5) is 11.4. The van der Waals surface area contributed by atoms with Crippen molar-refractivity contribution < 1.29 is 19.3 Å². The average Bonchev–Trinajstić information content (AvgIpc) is 3.40. The van der Waals surface area contributed by atoms with Gasteiger partial charge in [0.2, 0.25) is 0 Å². The van der Waals surface area contributed by atoms with Crippen molar-refractivity contribution in [2.24, 2.45) is 0 Å². The SMILES string of the molecule is COC[C@@H](O)CN(c1cc(OC)cc(OC)c1)c1ccc2ncc(-c3cnn(CCCC=N)c3)nc2c1. The smallest absolute Gasteiger partial charge is 0.124 e. The molecule has 0 saturated heterocycles. The highest BCUT2D eigenvalue weighted by atomic mass is 16.5. The molecule has 0 aliphatic rings. The van der Waals surface area contributed by atoms with Crippen LogP contribution in [0.4, 0.5) is 11.4 Å². The first-order chi connectivity index (χ1) is 18.0. The molecule has 4 rings (SSSR count). The fourth-order valence-corrected chi connectivity index (χ4v) is 4.04. The average molecular weight is 505 g/mol. The van der Waals surface area contributed by atoms with Crippen molar-refractivity contribution in [2.45, 2.75) is 25.5 Å². The number of aliphatic hydroxyl groups is 1. The number of methoxy groups -OCH3 is 3. The highest BCUT2D eigenvalue weighted by Crippen LogP contribution is 2.34. The van der Waals surface area contributed by atoms with Crippen LogP contribution >= 0.6 is 0 Å². The third-order valence-corrected chi connectivity index (χ3v) is 5.90. The van der Waals surface area contributed by atoms with E-state index in [1.807, 2.05) is 46.1 Å². The van der Waals surface area contributed by atoms with Gasteiger partial charge in [0.15, 0.2) is 0 Å². The third kappa shape index (κ3) is 6.41.